The van der Waals surface area contributed by atoms with E-state index in [1.54, 1.807) is 7.11 Å². The molecule has 6 nitrogen and oxygen atoms in total. The third-order valence-corrected chi connectivity index (χ3v) is 5.06. The second-order valence-electron chi connectivity index (χ2n) is 6.81. The quantitative estimate of drug-likeness (QED) is 0.608. The summed E-state index contributed by atoms with van der Waals surface area (Å²) in [6.45, 7) is 9.38. The maximum Gasteiger partial charge on any atom is 0.168 e. The highest BCUT2D eigenvalue weighted by molar-refractivity contribution is 7.91. The fourth-order valence-corrected chi connectivity index (χ4v) is 3.09. The first-order chi connectivity index (χ1) is 12.2. The molecule has 136 valence electrons. The van der Waals surface area contributed by atoms with Gasteiger partial charge in [-0.3, -0.25) is 0 Å². The van der Waals surface area contributed by atoms with Gasteiger partial charge in [0.1, 0.15) is 39.3 Å². The van der Waals surface area contributed by atoms with Crippen molar-refractivity contribution in [1.82, 2.24) is 9.97 Å². The van der Waals surface area contributed by atoms with Gasteiger partial charge >= 0.3 is 0 Å². The van der Waals surface area contributed by atoms with Crippen molar-refractivity contribution in [2.75, 3.05) is 7.11 Å². The molecule has 0 saturated carbocycles. The smallest absolute Gasteiger partial charge is 0.168 e. The van der Waals surface area contributed by atoms with Crippen LogP contribution in [0.4, 0.5) is 0 Å². The summed E-state index contributed by atoms with van der Waals surface area (Å²) in [6.07, 6.45) is 2.94. The Morgan fingerprint density at radius 1 is 1.19 bits per heavy atom. The number of ether oxygens (including phenoxy) is 1. The van der Waals surface area contributed by atoms with E-state index < -0.39 is 16.1 Å². The summed E-state index contributed by atoms with van der Waals surface area (Å²) >= 11 is -1.52. The van der Waals surface area contributed by atoms with Gasteiger partial charge in [0, 0.05) is 18.0 Å². The van der Waals surface area contributed by atoms with Crippen molar-refractivity contribution in [1.29, 1.82) is 5.26 Å². The molecule has 0 amide bonds. The first-order valence-electron chi connectivity index (χ1n) is 8.06. The number of methoxy groups -OCH3 is 1. The molecule has 0 aliphatic heterocycles. The Hall–Kier alpha value is -2.43. The zero-order valence-corrected chi connectivity index (χ0v) is 16.6. The number of aromatic nitrogens is 2. The predicted octanol–water partition coefficient (Wildman–Crippen LogP) is 3.27. The summed E-state index contributed by atoms with van der Waals surface area (Å²) in [5.74, 6) is 0.782. The van der Waals surface area contributed by atoms with E-state index in [1.807, 2.05) is 52.8 Å². The molecule has 2 aromatic rings. The molecular weight excluding hydrogens is 348 g/mol. The van der Waals surface area contributed by atoms with Crippen molar-refractivity contribution in [3.8, 4) is 11.8 Å². The molecule has 0 aliphatic rings. The first-order valence-corrected chi connectivity index (χ1v) is 9.17. The van der Waals surface area contributed by atoms with Gasteiger partial charge in [-0.2, -0.15) is 5.26 Å². The van der Waals surface area contributed by atoms with Gasteiger partial charge in [0.25, 0.3) is 0 Å². The van der Waals surface area contributed by atoms with Gasteiger partial charge in [-0.05, 0) is 57.9 Å². The van der Waals surface area contributed by atoms with E-state index in [1.165, 1.54) is 12.4 Å². The summed E-state index contributed by atoms with van der Waals surface area (Å²) < 4.78 is 22.0. The minimum Gasteiger partial charge on any atom is -0.591 e. The van der Waals surface area contributed by atoms with E-state index in [-0.39, 0.29) is 5.69 Å². The van der Waals surface area contributed by atoms with Gasteiger partial charge in [0.2, 0.25) is 0 Å². The molecule has 0 spiro atoms. The Morgan fingerprint density at radius 2 is 1.77 bits per heavy atom. The van der Waals surface area contributed by atoms with Gasteiger partial charge in [0.05, 0.1) is 7.11 Å². The molecule has 26 heavy (non-hydrogen) atoms. The van der Waals surface area contributed by atoms with Crippen LogP contribution >= 0.6 is 0 Å². The van der Waals surface area contributed by atoms with Crippen LogP contribution in [-0.4, -0.2) is 32.1 Å². The van der Waals surface area contributed by atoms with Crippen molar-refractivity contribution in [3.63, 3.8) is 0 Å². The molecule has 0 aliphatic carbocycles. The molecule has 0 saturated heterocycles. The summed E-state index contributed by atoms with van der Waals surface area (Å²) in [5, 5.41) is 9.40. The van der Waals surface area contributed by atoms with Crippen LogP contribution in [0.1, 0.15) is 48.8 Å². The molecule has 2 rings (SSSR count). The molecule has 0 radical (unpaired) electrons. The lowest BCUT2D eigenvalue weighted by Crippen LogP contribution is -2.27. The number of aryl methyl sites for hydroxylation is 2. The van der Waals surface area contributed by atoms with Crippen molar-refractivity contribution in [3.05, 3.63) is 52.6 Å². The molecule has 1 atom stereocenters. The number of benzene rings is 1. The van der Waals surface area contributed by atoms with Gasteiger partial charge in [-0.15, -0.1) is 0 Å². The van der Waals surface area contributed by atoms with Gasteiger partial charge < -0.3 is 9.29 Å². The highest BCUT2D eigenvalue weighted by atomic mass is 32.2. The Balaban J connectivity index is 2.74. The monoisotopic (exact) mass is 370 g/mol. The molecule has 0 fully saturated rings. The minimum atomic E-state index is -1.52. The average Bonchev–Trinajstić information content (AvgIpc) is 2.58. The second kappa shape index (κ2) is 7.85. The summed E-state index contributed by atoms with van der Waals surface area (Å²) in [4.78, 5) is 8.35. The van der Waals surface area contributed by atoms with Crippen LogP contribution < -0.4 is 4.74 Å². The minimum absolute atomic E-state index is 0.142. The van der Waals surface area contributed by atoms with E-state index in [4.69, 9.17) is 4.74 Å². The highest BCUT2D eigenvalue weighted by Crippen LogP contribution is 2.27. The SMILES string of the molecule is COc1c(C)cc(C(=N[S+]([O-])C(C)(C)C)c2nccnc2C#N)cc1C. The maximum atomic E-state index is 12.7. The van der Waals surface area contributed by atoms with Crippen LogP contribution in [0, 0.1) is 25.2 Å². The van der Waals surface area contributed by atoms with Crippen molar-refractivity contribution in [2.45, 2.75) is 39.4 Å². The van der Waals surface area contributed by atoms with Gasteiger partial charge in [-0.1, -0.05) is 4.40 Å². The van der Waals surface area contributed by atoms with Crippen LogP contribution in [-0.2, 0) is 11.4 Å². The number of hydrogen-bond donors (Lipinski definition) is 0. The molecule has 1 unspecified atom stereocenters. The van der Waals surface area contributed by atoms with Crippen LogP contribution in [0.3, 0.4) is 0 Å². The van der Waals surface area contributed by atoms with E-state index >= 15 is 0 Å². The zero-order chi connectivity index (χ0) is 19.5. The van der Waals surface area contributed by atoms with E-state index in [2.05, 4.69) is 14.4 Å². The number of hydrogen-bond acceptors (Lipinski definition) is 6. The lowest BCUT2D eigenvalue weighted by Gasteiger charge is -2.20. The van der Waals surface area contributed by atoms with Crippen molar-refractivity contribution < 1.29 is 9.29 Å². The normalized spacial score (nSPS) is 13.2. The topological polar surface area (TPSA) is 94.2 Å². The average molecular weight is 370 g/mol. The largest absolute Gasteiger partial charge is 0.591 e. The van der Waals surface area contributed by atoms with Crippen LogP contribution in [0.15, 0.2) is 28.9 Å². The summed E-state index contributed by atoms with van der Waals surface area (Å²) in [7, 11) is 1.62. The van der Waals surface area contributed by atoms with Gasteiger partial charge in [0.15, 0.2) is 5.69 Å². The fourth-order valence-electron chi connectivity index (χ4n) is 2.45. The lowest BCUT2D eigenvalue weighted by atomic mass is 10.00. The Bertz CT molecular complexity index is 859. The molecule has 0 N–H and O–H groups in total. The molecule has 1 aromatic carbocycles. The molecule has 1 heterocycles. The maximum absolute atomic E-state index is 12.7. The Morgan fingerprint density at radius 3 is 2.27 bits per heavy atom. The van der Waals surface area contributed by atoms with E-state index in [0.717, 1.165) is 22.4 Å². The van der Waals surface area contributed by atoms with E-state index in [9.17, 15) is 9.81 Å². The van der Waals surface area contributed by atoms with Crippen LogP contribution in [0.25, 0.3) is 0 Å². The van der Waals surface area contributed by atoms with Crippen LogP contribution in [0.2, 0.25) is 0 Å². The molecule has 0 bridgehead atoms. The fraction of sp³-hybridized carbons (Fsp3) is 0.368. The highest BCUT2D eigenvalue weighted by Gasteiger charge is 2.29. The standard InChI is InChI=1S/C19H22N4O2S/c1-12-9-14(10-13(2)18(12)25-6)16(23-26(24)19(3,4)5)17-15(11-20)21-7-8-22-17/h7-10H,1-6H3. The third kappa shape index (κ3) is 4.21. The van der Waals surface area contributed by atoms with E-state index in [0.29, 0.717) is 11.4 Å². The van der Waals surface area contributed by atoms with Crippen molar-refractivity contribution >= 4 is 17.1 Å². The number of nitrogens with zero attached hydrogens (tertiary/aromatic N) is 4. The number of nitriles is 1. The summed E-state index contributed by atoms with van der Waals surface area (Å²) in [5.41, 5.74) is 3.39. The van der Waals surface area contributed by atoms with Crippen molar-refractivity contribution in [2.24, 2.45) is 4.40 Å². The zero-order valence-electron chi connectivity index (χ0n) is 15.8. The number of rotatable bonds is 4. The Kier molecular flexibility index (Phi) is 6.01. The Labute approximate surface area is 157 Å². The predicted molar refractivity (Wildman–Crippen MR) is 103 cm³/mol. The molecular formula is C19H22N4O2S. The van der Waals surface area contributed by atoms with Gasteiger partial charge in [-0.25, -0.2) is 9.97 Å². The lowest BCUT2D eigenvalue weighted by molar-refractivity contribution is 0.408. The summed E-state index contributed by atoms with van der Waals surface area (Å²) in [6, 6.07) is 5.81. The third-order valence-electron chi connectivity index (χ3n) is 3.66. The van der Waals surface area contributed by atoms with Crippen LogP contribution in [0.5, 0.6) is 5.75 Å². The molecule has 7 heteroatoms. The molecule has 1 aromatic heterocycles. The second-order valence-corrected chi connectivity index (χ2v) is 8.72. The first kappa shape index (κ1) is 19.9.